The molecule has 3 aromatic rings. The van der Waals surface area contributed by atoms with Gasteiger partial charge in [0.1, 0.15) is 11.2 Å². The van der Waals surface area contributed by atoms with E-state index in [1.807, 2.05) is 12.1 Å². The first-order chi connectivity index (χ1) is 16.2. The van der Waals surface area contributed by atoms with E-state index in [0.717, 1.165) is 50.0 Å². The Morgan fingerprint density at radius 3 is 2.82 bits per heavy atom. The van der Waals surface area contributed by atoms with Crippen LogP contribution in [0.2, 0.25) is 0 Å². The fraction of sp³-hybridized carbons (Fsp3) is 0.522. The van der Waals surface area contributed by atoms with Crippen LogP contribution in [0.5, 0.6) is 0 Å². The van der Waals surface area contributed by atoms with Crippen LogP contribution in [0.25, 0.3) is 5.52 Å². The maximum absolute atomic E-state index is 12.4. The second kappa shape index (κ2) is 9.10. The van der Waals surface area contributed by atoms with Crippen molar-refractivity contribution in [2.75, 3.05) is 30.4 Å². The van der Waals surface area contributed by atoms with Crippen molar-refractivity contribution in [1.82, 2.24) is 30.1 Å². The third-order valence-corrected chi connectivity index (χ3v) is 6.62. The van der Waals surface area contributed by atoms with E-state index in [9.17, 15) is 4.79 Å². The number of nitrogens with zero attached hydrogens (tertiary/aromatic N) is 6. The van der Waals surface area contributed by atoms with Crippen molar-refractivity contribution in [3.8, 4) is 6.07 Å². The number of amides is 1. The first-order valence-corrected chi connectivity index (χ1v) is 11.7. The second-order valence-electron chi connectivity index (χ2n) is 8.94. The molecule has 2 fully saturated rings. The lowest BCUT2D eigenvalue weighted by atomic mass is 9.92. The second-order valence-corrected chi connectivity index (χ2v) is 8.94. The molecule has 2 aliphatic rings. The number of nitriles is 1. The largest absolute Gasteiger partial charge is 0.354 e. The van der Waals surface area contributed by atoms with Crippen LogP contribution < -0.4 is 15.5 Å². The quantitative estimate of drug-likeness (QED) is 0.452. The van der Waals surface area contributed by atoms with Gasteiger partial charge in [0.15, 0.2) is 11.6 Å². The molecule has 1 amide bonds. The standard InChI is InChI=1S/C23H29N9O/c1-25-22(33)19-8-7-18-21(26-20-14-17(28-29-20)16-5-6-16)27-23(30-32(18)19)31-12-9-15(10-13-31)4-2-3-11-24/h7-8,14-16H,2-6,9-10,12-13H2,1H3,(H,25,33)(H2,26,27,28,29,30). The first-order valence-electron chi connectivity index (χ1n) is 11.7. The lowest BCUT2D eigenvalue weighted by molar-refractivity contribution is 0.0956. The van der Waals surface area contributed by atoms with Gasteiger partial charge in [-0.1, -0.05) is 0 Å². The summed E-state index contributed by atoms with van der Waals surface area (Å²) in [5.41, 5.74) is 2.33. The molecule has 0 bridgehead atoms. The fourth-order valence-corrected chi connectivity index (χ4v) is 4.53. The summed E-state index contributed by atoms with van der Waals surface area (Å²) < 4.78 is 1.66. The van der Waals surface area contributed by atoms with Gasteiger partial charge in [0.05, 0.1) is 6.07 Å². The minimum Gasteiger partial charge on any atom is -0.354 e. The molecule has 3 aromatic heterocycles. The number of anilines is 3. The van der Waals surface area contributed by atoms with Crippen LogP contribution in [-0.2, 0) is 0 Å². The number of rotatable bonds is 8. The summed E-state index contributed by atoms with van der Waals surface area (Å²) >= 11 is 0. The summed E-state index contributed by atoms with van der Waals surface area (Å²) in [6, 6.07) is 7.88. The smallest absolute Gasteiger partial charge is 0.269 e. The van der Waals surface area contributed by atoms with Crippen LogP contribution in [0.15, 0.2) is 18.2 Å². The first kappa shape index (κ1) is 21.2. The fourth-order valence-electron chi connectivity index (χ4n) is 4.53. The highest BCUT2D eigenvalue weighted by Gasteiger charge is 2.26. The molecule has 172 valence electrons. The Morgan fingerprint density at radius 2 is 2.09 bits per heavy atom. The maximum Gasteiger partial charge on any atom is 0.269 e. The molecule has 3 N–H and O–H groups in total. The van der Waals surface area contributed by atoms with Gasteiger partial charge in [0.2, 0.25) is 5.95 Å². The summed E-state index contributed by atoms with van der Waals surface area (Å²) in [6.45, 7) is 1.71. The van der Waals surface area contributed by atoms with E-state index >= 15 is 0 Å². The molecule has 10 nitrogen and oxygen atoms in total. The lowest BCUT2D eigenvalue weighted by Gasteiger charge is -2.32. The summed E-state index contributed by atoms with van der Waals surface area (Å²) in [7, 11) is 1.61. The van der Waals surface area contributed by atoms with Crippen molar-refractivity contribution in [2.45, 2.75) is 50.9 Å². The maximum atomic E-state index is 12.4. The zero-order valence-electron chi connectivity index (χ0n) is 18.8. The Morgan fingerprint density at radius 1 is 1.27 bits per heavy atom. The number of fused-ring (bicyclic) bond motifs is 1. The van der Waals surface area contributed by atoms with Crippen molar-refractivity contribution < 1.29 is 4.79 Å². The number of hydrogen-bond acceptors (Lipinski definition) is 7. The molecule has 5 rings (SSSR count). The van der Waals surface area contributed by atoms with Gasteiger partial charge in [-0.15, -0.1) is 5.10 Å². The van der Waals surface area contributed by atoms with Crippen molar-refractivity contribution >= 4 is 29.0 Å². The van der Waals surface area contributed by atoms with Crippen LogP contribution in [-0.4, -0.2) is 50.8 Å². The molecule has 1 saturated heterocycles. The molecule has 0 unspecified atom stereocenters. The Hall–Kier alpha value is -3.61. The highest BCUT2D eigenvalue weighted by molar-refractivity contribution is 5.94. The topological polar surface area (TPSA) is 127 Å². The predicted molar refractivity (Wildman–Crippen MR) is 125 cm³/mol. The lowest BCUT2D eigenvalue weighted by Crippen LogP contribution is -2.35. The Bertz CT molecular complexity index is 1180. The van der Waals surface area contributed by atoms with Gasteiger partial charge in [-0.3, -0.25) is 9.89 Å². The molecule has 0 spiro atoms. The van der Waals surface area contributed by atoms with Crippen LogP contribution in [0.3, 0.4) is 0 Å². The molecule has 1 saturated carbocycles. The van der Waals surface area contributed by atoms with E-state index in [2.05, 4.69) is 31.8 Å². The number of hydrogen-bond donors (Lipinski definition) is 3. The SMILES string of the molecule is CNC(=O)c1ccc2c(Nc3cc(C4CC4)[nH]n3)nc(N3CCC(CCCC#N)CC3)nn12. The van der Waals surface area contributed by atoms with E-state index in [1.54, 1.807) is 17.6 Å². The number of nitrogens with one attached hydrogen (secondary N) is 3. The molecular formula is C23H29N9O. The monoisotopic (exact) mass is 447 g/mol. The molecule has 33 heavy (non-hydrogen) atoms. The van der Waals surface area contributed by atoms with Gasteiger partial charge in [-0.25, -0.2) is 4.52 Å². The number of H-pyrrole nitrogens is 1. The minimum atomic E-state index is -0.197. The highest BCUT2D eigenvalue weighted by Crippen LogP contribution is 2.39. The molecule has 1 aliphatic carbocycles. The molecule has 0 atom stereocenters. The van der Waals surface area contributed by atoms with Crippen LogP contribution in [0, 0.1) is 17.2 Å². The van der Waals surface area contributed by atoms with Gasteiger partial charge in [0, 0.05) is 44.2 Å². The normalized spacial score (nSPS) is 16.7. The van der Waals surface area contributed by atoms with E-state index in [4.69, 9.17) is 15.3 Å². The Labute approximate surface area is 192 Å². The predicted octanol–water partition coefficient (Wildman–Crippen LogP) is 3.34. The molecular weight excluding hydrogens is 418 g/mol. The molecule has 0 aromatic carbocycles. The van der Waals surface area contributed by atoms with Crippen molar-refractivity contribution in [2.24, 2.45) is 5.92 Å². The van der Waals surface area contributed by atoms with Crippen molar-refractivity contribution in [3.05, 3.63) is 29.6 Å². The van der Waals surface area contributed by atoms with E-state index < -0.39 is 0 Å². The summed E-state index contributed by atoms with van der Waals surface area (Å²) in [5, 5.41) is 27.1. The number of aromatic nitrogens is 5. The number of aromatic amines is 1. The van der Waals surface area contributed by atoms with E-state index in [0.29, 0.717) is 41.5 Å². The number of carbonyl (C=O) groups is 1. The van der Waals surface area contributed by atoms with Gasteiger partial charge >= 0.3 is 0 Å². The van der Waals surface area contributed by atoms with Gasteiger partial charge < -0.3 is 15.5 Å². The third-order valence-electron chi connectivity index (χ3n) is 6.62. The average molecular weight is 448 g/mol. The molecule has 10 heteroatoms. The van der Waals surface area contributed by atoms with Gasteiger partial charge in [-0.05, 0) is 56.6 Å². The zero-order chi connectivity index (χ0) is 22.8. The Kier molecular flexibility index (Phi) is 5.86. The summed E-state index contributed by atoms with van der Waals surface area (Å²) in [4.78, 5) is 19.5. The van der Waals surface area contributed by atoms with E-state index in [1.165, 1.54) is 12.8 Å². The molecule has 0 radical (unpaired) electrons. The number of piperidine rings is 1. The Balaban J connectivity index is 1.42. The number of unbranched alkanes of at least 4 members (excludes halogenated alkanes) is 1. The van der Waals surface area contributed by atoms with Crippen LogP contribution in [0.4, 0.5) is 17.6 Å². The molecule has 1 aliphatic heterocycles. The van der Waals surface area contributed by atoms with Crippen molar-refractivity contribution in [1.29, 1.82) is 5.26 Å². The summed E-state index contributed by atoms with van der Waals surface area (Å²) in [6.07, 6.45) is 7.17. The minimum absolute atomic E-state index is 0.197. The van der Waals surface area contributed by atoms with Crippen molar-refractivity contribution in [3.63, 3.8) is 0 Å². The third kappa shape index (κ3) is 4.49. The summed E-state index contributed by atoms with van der Waals surface area (Å²) in [5.74, 6) is 2.95. The van der Waals surface area contributed by atoms with E-state index in [-0.39, 0.29) is 5.91 Å². The highest BCUT2D eigenvalue weighted by atomic mass is 16.1. The number of carbonyl (C=O) groups excluding carboxylic acids is 1. The van der Waals surface area contributed by atoms with Gasteiger partial charge in [0.25, 0.3) is 5.91 Å². The van der Waals surface area contributed by atoms with Crippen LogP contribution in [0.1, 0.15) is 67.0 Å². The zero-order valence-corrected chi connectivity index (χ0v) is 18.8. The van der Waals surface area contributed by atoms with Gasteiger partial charge in [-0.2, -0.15) is 15.3 Å². The van der Waals surface area contributed by atoms with Crippen LogP contribution >= 0.6 is 0 Å². The molecule has 4 heterocycles. The average Bonchev–Trinajstić information content (AvgIpc) is 3.43.